The summed E-state index contributed by atoms with van der Waals surface area (Å²) < 4.78 is 5.38. The van der Waals surface area contributed by atoms with Crippen LogP contribution >= 0.6 is 11.3 Å². The summed E-state index contributed by atoms with van der Waals surface area (Å²) in [6.45, 7) is 0.574. The lowest BCUT2D eigenvalue weighted by Crippen LogP contribution is -2.36. The summed E-state index contributed by atoms with van der Waals surface area (Å²) in [5.41, 5.74) is 7.68. The van der Waals surface area contributed by atoms with Crippen molar-refractivity contribution < 1.29 is 9.53 Å². The number of anilines is 1. The van der Waals surface area contributed by atoms with Gasteiger partial charge in [0.2, 0.25) is 5.91 Å². The summed E-state index contributed by atoms with van der Waals surface area (Å²) >= 11 is 1.43. The van der Waals surface area contributed by atoms with Crippen LogP contribution in [0.2, 0.25) is 0 Å². The molecule has 0 bridgehead atoms. The second-order valence-electron chi connectivity index (χ2n) is 6.73. The summed E-state index contributed by atoms with van der Waals surface area (Å²) in [5.74, 6) is 0.781. The minimum Gasteiger partial charge on any atom is -0.496 e. The fourth-order valence-electron chi connectivity index (χ4n) is 3.57. The van der Waals surface area contributed by atoms with E-state index in [0.29, 0.717) is 18.1 Å². The Hall–Kier alpha value is -1.92. The van der Waals surface area contributed by atoms with Crippen LogP contribution < -0.4 is 15.8 Å². The largest absolute Gasteiger partial charge is 0.496 e. The number of aromatic nitrogens is 1. The van der Waals surface area contributed by atoms with Crippen LogP contribution in [-0.2, 0) is 4.79 Å². The van der Waals surface area contributed by atoms with Gasteiger partial charge in [-0.15, -0.1) is 11.3 Å². The molecule has 1 aromatic heterocycles. The van der Waals surface area contributed by atoms with Crippen molar-refractivity contribution >= 4 is 22.4 Å². The van der Waals surface area contributed by atoms with Crippen molar-refractivity contribution in [3.05, 3.63) is 29.6 Å². The molecule has 0 radical (unpaired) electrons. The summed E-state index contributed by atoms with van der Waals surface area (Å²) in [5, 5.41) is 5.50. The summed E-state index contributed by atoms with van der Waals surface area (Å²) in [7, 11) is 1.64. The highest BCUT2D eigenvalue weighted by Gasteiger charge is 2.33. The quantitative estimate of drug-likeness (QED) is 0.815. The van der Waals surface area contributed by atoms with Crippen molar-refractivity contribution in [2.75, 3.05) is 19.0 Å². The third-order valence-electron chi connectivity index (χ3n) is 5.02. The number of thiazole rings is 1. The molecule has 6 heteroatoms. The first-order valence-electron chi connectivity index (χ1n) is 8.75. The summed E-state index contributed by atoms with van der Waals surface area (Å²) in [6.07, 6.45) is 6.15. The lowest BCUT2D eigenvalue weighted by molar-refractivity contribution is -0.118. The van der Waals surface area contributed by atoms with Crippen molar-refractivity contribution in [3.63, 3.8) is 0 Å². The van der Waals surface area contributed by atoms with E-state index in [0.717, 1.165) is 29.8 Å². The highest BCUT2D eigenvalue weighted by atomic mass is 32.1. The zero-order chi connectivity index (χ0) is 17.7. The number of nitrogens with two attached hydrogens (primary N) is 1. The van der Waals surface area contributed by atoms with Crippen LogP contribution in [0.4, 0.5) is 5.13 Å². The third-order valence-corrected chi connectivity index (χ3v) is 5.77. The standard InChI is InChI=1S/C19H25N3O2S/c1-24-16-8-4-3-7-14(16)15-12-25-18(21-15)22-17(23)11-19(13-20)9-5-2-6-10-19/h3-4,7-8,12H,2,5-6,9-11,13,20H2,1H3,(H,21,22,23). The molecule has 1 fully saturated rings. The molecular weight excluding hydrogens is 334 g/mol. The van der Waals surface area contributed by atoms with Crippen LogP contribution in [0.1, 0.15) is 38.5 Å². The van der Waals surface area contributed by atoms with E-state index < -0.39 is 0 Å². The number of methoxy groups -OCH3 is 1. The molecule has 1 amide bonds. The second-order valence-corrected chi connectivity index (χ2v) is 7.59. The van der Waals surface area contributed by atoms with Crippen LogP contribution in [0, 0.1) is 5.41 Å². The highest BCUT2D eigenvalue weighted by Crippen LogP contribution is 2.39. The SMILES string of the molecule is COc1ccccc1-c1csc(NC(=O)CC2(CN)CCCCC2)n1. The van der Waals surface area contributed by atoms with Crippen LogP contribution in [0.3, 0.4) is 0 Å². The van der Waals surface area contributed by atoms with Gasteiger partial charge in [0.05, 0.1) is 12.8 Å². The molecule has 3 rings (SSSR count). The third kappa shape index (κ3) is 4.19. The molecule has 1 heterocycles. The van der Waals surface area contributed by atoms with E-state index in [1.807, 2.05) is 29.6 Å². The van der Waals surface area contributed by atoms with E-state index in [-0.39, 0.29) is 11.3 Å². The van der Waals surface area contributed by atoms with Gasteiger partial charge in [-0.1, -0.05) is 31.4 Å². The van der Waals surface area contributed by atoms with E-state index >= 15 is 0 Å². The number of carbonyl (C=O) groups excluding carboxylic acids is 1. The van der Waals surface area contributed by atoms with Crippen molar-refractivity contribution in [1.82, 2.24) is 4.98 Å². The number of hydrogen-bond donors (Lipinski definition) is 2. The highest BCUT2D eigenvalue weighted by molar-refractivity contribution is 7.14. The monoisotopic (exact) mass is 359 g/mol. The number of nitrogens with one attached hydrogen (secondary N) is 1. The first-order chi connectivity index (χ1) is 12.2. The Morgan fingerprint density at radius 1 is 1.32 bits per heavy atom. The Balaban J connectivity index is 1.67. The first kappa shape index (κ1) is 17.9. The van der Waals surface area contributed by atoms with E-state index in [1.165, 1.54) is 30.6 Å². The number of benzene rings is 1. The number of hydrogen-bond acceptors (Lipinski definition) is 5. The Morgan fingerprint density at radius 2 is 2.08 bits per heavy atom. The average Bonchev–Trinajstić information content (AvgIpc) is 3.10. The molecule has 2 aromatic rings. The molecular formula is C19H25N3O2S. The van der Waals surface area contributed by atoms with Crippen molar-refractivity contribution in [2.24, 2.45) is 11.1 Å². The lowest BCUT2D eigenvalue weighted by atomic mass is 9.72. The number of nitrogens with zero attached hydrogens (tertiary/aromatic N) is 1. The molecule has 0 spiro atoms. The number of para-hydroxylation sites is 1. The molecule has 134 valence electrons. The second kappa shape index (κ2) is 7.97. The summed E-state index contributed by atoms with van der Waals surface area (Å²) in [4.78, 5) is 17.0. The maximum Gasteiger partial charge on any atom is 0.226 e. The number of rotatable bonds is 6. The number of amides is 1. The molecule has 25 heavy (non-hydrogen) atoms. The fourth-order valence-corrected chi connectivity index (χ4v) is 4.30. The van der Waals surface area contributed by atoms with Crippen molar-refractivity contribution in [2.45, 2.75) is 38.5 Å². The number of ether oxygens (including phenoxy) is 1. The normalized spacial score (nSPS) is 16.4. The van der Waals surface area contributed by atoms with Gasteiger partial charge in [-0.25, -0.2) is 4.98 Å². The van der Waals surface area contributed by atoms with E-state index in [4.69, 9.17) is 10.5 Å². The van der Waals surface area contributed by atoms with Crippen molar-refractivity contribution in [1.29, 1.82) is 0 Å². The Morgan fingerprint density at radius 3 is 2.80 bits per heavy atom. The molecule has 1 saturated carbocycles. The molecule has 0 atom stereocenters. The molecule has 1 aliphatic carbocycles. The topological polar surface area (TPSA) is 77.2 Å². The average molecular weight is 359 g/mol. The first-order valence-corrected chi connectivity index (χ1v) is 9.63. The van der Waals surface area contributed by atoms with Crippen LogP contribution in [-0.4, -0.2) is 24.5 Å². The smallest absolute Gasteiger partial charge is 0.226 e. The molecule has 5 nitrogen and oxygen atoms in total. The minimum atomic E-state index is -0.0366. The Labute approximate surface area is 152 Å². The van der Waals surface area contributed by atoms with E-state index in [1.54, 1.807) is 7.11 Å². The van der Waals surface area contributed by atoms with Gasteiger partial charge in [-0.05, 0) is 36.9 Å². The van der Waals surface area contributed by atoms with Gasteiger partial charge in [0.1, 0.15) is 5.75 Å². The Kier molecular flexibility index (Phi) is 5.71. The zero-order valence-corrected chi connectivity index (χ0v) is 15.4. The summed E-state index contributed by atoms with van der Waals surface area (Å²) in [6, 6.07) is 7.74. The minimum absolute atomic E-state index is 0.00766. The van der Waals surface area contributed by atoms with E-state index in [9.17, 15) is 4.79 Å². The van der Waals surface area contributed by atoms with Gasteiger partial charge in [0.15, 0.2) is 5.13 Å². The van der Waals surface area contributed by atoms with Gasteiger partial charge in [-0.3, -0.25) is 4.79 Å². The predicted molar refractivity (Wildman–Crippen MR) is 102 cm³/mol. The molecule has 1 aromatic carbocycles. The Bertz CT molecular complexity index is 723. The number of carbonyl (C=O) groups is 1. The maximum absolute atomic E-state index is 12.5. The fraction of sp³-hybridized carbons (Fsp3) is 0.474. The molecule has 0 aliphatic heterocycles. The predicted octanol–water partition coefficient (Wildman–Crippen LogP) is 4.06. The molecule has 1 aliphatic rings. The molecule has 0 saturated heterocycles. The van der Waals surface area contributed by atoms with Gasteiger partial charge >= 0.3 is 0 Å². The van der Waals surface area contributed by atoms with Gasteiger partial charge in [-0.2, -0.15) is 0 Å². The van der Waals surface area contributed by atoms with Gasteiger partial charge < -0.3 is 15.8 Å². The lowest BCUT2D eigenvalue weighted by Gasteiger charge is -2.35. The van der Waals surface area contributed by atoms with Crippen LogP contribution in [0.5, 0.6) is 5.75 Å². The maximum atomic E-state index is 12.5. The molecule has 3 N–H and O–H groups in total. The van der Waals surface area contributed by atoms with Gasteiger partial charge in [0.25, 0.3) is 0 Å². The van der Waals surface area contributed by atoms with Crippen molar-refractivity contribution in [3.8, 4) is 17.0 Å². The van der Waals surface area contributed by atoms with Crippen LogP contribution in [0.25, 0.3) is 11.3 Å². The van der Waals surface area contributed by atoms with E-state index in [2.05, 4.69) is 10.3 Å². The van der Waals surface area contributed by atoms with Gasteiger partial charge in [0, 0.05) is 17.4 Å². The molecule has 0 unspecified atom stereocenters. The van der Waals surface area contributed by atoms with Crippen LogP contribution in [0.15, 0.2) is 29.6 Å². The zero-order valence-electron chi connectivity index (χ0n) is 14.6.